The van der Waals surface area contributed by atoms with E-state index in [0.717, 1.165) is 19.1 Å². The van der Waals surface area contributed by atoms with Gasteiger partial charge in [0.1, 0.15) is 0 Å². The highest BCUT2D eigenvalue weighted by molar-refractivity contribution is 6.39. The highest BCUT2D eigenvalue weighted by Crippen LogP contribution is 2.37. The number of nitro groups is 1. The van der Waals surface area contributed by atoms with Gasteiger partial charge in [0.25, 0.3) is 11.6 Å². The number of benzene rings is 2. The molecule has 1 amide bonds. The second kappa shape index (κ2) is 8.66. The molecule has 0 heterocycles. The van der Waals surface area contributed by atoms with E-state index in [9.17, 15) is 32.9 Å². The van der Waals surface area contributed by atoms with Crippen molar-refractivity contribution in [1.82, 2.24) is 0 Å². The third kappa shape index (κ3) is 5.36. The lowest BCUT2D eigenvalue weighted by molar-refractivity contribution is -0.385. The highest BCUT2D eigenvalue weighted by Gasteiger charge is 2.36. The molecule has 1 N–H and O–H groups in total. The molecule has 154 valence electrons. The Balaban J connectivity index is 2.21. The molecule has 7 nitrogen and oxygen atoms in total. The molecule has 1 unspecified atom stereocenters. The summed E-state index contributed by atoms with van der Waals surface area (Å²) in [4.78, 5) is 34.1. The van der Waals surface area contributed by atoms with Crippen molar-refractivity contribution in [2.75, 3.05) is 5.32 Å². The number of carbonyl (C=O) groups excluding carboxylic acids is 2. The number of nitrogens with one attached hydrogen (secondary N) is 1. The Labute approximate surface area is 171 Å². The standard InChI is InChI=1S/C17H11Cl2F3N2O5/c1-8(29-16(26)14-11(18)3-2-4-12(14)19)15(25)23-13-6-5-9(24(27)28)7-10(13)17(20,21)22/h2-8H,1H3,(H,23,25). The number of esters is 1. The molecule has 0 aliphatic heterocycles. The van der Waals surface area contributed by atoms with E-state index in [1.807, 2.05) is 5.32 Å². The van der Waals surface area contributed by atoms with Crippen LogP contribution in [0.25, 0.3) is 0 Å². The van der Waals surface area contributed by atoms with Gasteiger partial charge in [-0.3, -0.25) is 14.9 Å². The Kier molecular flexibility index (Phi) is 6.70. The van der Waals surface area contributed by atoms with Crippen LogP contribution in [0.5, 0.6) is 0 Å². The first-order chi connectivity index (χ1) is 13.4. The van der Waals surface area contributed by atoms with Crippen LogP contribution in [0.3, 0.4) is 0 Å². The summed E-state index contributed by atoms with van der Waals surface area (Å²) in [6.07, 6.45) is -6.49. The monoisotopic (exact) mass is 450 g/mol. The minimum Gasteiger partial charge on any atom is -0.449 e. The van der Waals surface area contributed by atoms with Gasteiger partial charge in [-0.15, -0.1) is 0 Å². The number of halogens is 5. The van der Waals surface area contributed by atoms with Crippen molar-refractivity contribution < 1.29 is 32.4 Å². The Hall–Kier alpha value is -2.85. The number of rotatable bonds is 5. The Morgan fingerprint density at radius 2 is 1.76 bits per heavy atom. The van der Waals surface area contributed by atoms with Crippen molar-refractivity contribution in [2.24, 2.45) is 0 Å². The fraction of sp³-hybridized carbons (Fsp3) is 0.176. The molecule has 0 fully saturated rings. The summed E-state index contributed by atoms with van der Waals surface area (Å²) in [6.45, 7) is 1.12. The van der Waals surface area contributed by atoms with E-state index < -0.39 is 46.0 Å². The van der Waals surface area contributed by atoms with Crippen molar-refractivity contribution in [3.8, 4) is 0 Å². The molecule has 0 bridgehead atoms. The van der Waals surface area contributed by atoms with Gasteiger partial charge in [-0.25, -0.2) is 4.79 Å². The van der Waals surface area contributed by atoms with Crippen molar-refractivity contribution in [3.63, 3.8) is 0 Å². The van der Waals surface area contributed by atoms with Gasteiger partial charge in [0.15, 0.2) is 6.10 Å². The van der Waals surface area contributed by atoms with Crippen molar-refractivity contribution in [3.05, 3.63) is 67.7 Å². The molecule has 1 atom stereocenters. The number of nitrogens with zero attached hydrogens (tertiary/aromatic N) is 1. The molecule has 0 aliphatic carbocycles. The number of nitro benzene ring substituents is 1. The Bertz CT molecular complexity index is 962. The number of non-ortho nitro benzene ring substituents is 1. The Morgan fingerprint density at radius 1 is 1.17 bits per heavy atom. The van der Waals surface area contributed by atoms with Crippen LogP contribution in [0, 0.1) is 10.1 Å². The van der Waals surface area contributed by atoms with E-state index >= 15 is 0 Å². The molecule has 0 saturated heterocycles. The van der Waals surface area contributed by atoms with Gasteiger partial charge in [0, 0.05) is 12.1 Å². The van der Waals surface area contributed by atoms with Gasteiger partial charge >= 0.3 is 12.1 Å². The van der Waals surface area contributed by atoms with Gasteiger partial charge in [-0.05, 0) is 25.1 Å². The molecule has 2 aromatic carbocycles. The number of hydrogen-bond acceptors (Lipinski definition) is 5. The first-order valence-corrected chi connectivity index (χ1v) is 8.49. The van der Waals surface area contributed by atoms with E-state index in [1.165, 1.54) is 18.2 Å². The molecule has 0 saturated carbocycles. The predicted octanol–water partition coefficient (Wildman–Crippen LogP) is 5.10. The van der Waals surface area contributed by atoms with E-state index in [0.29, 0.717) is 0 Å². The lowest BCUT2D eigenvalue weighted by Crippen LogP contribution is -2.31. The van der Waals surface area contributed by atoms with Crippen LogP contribution < -0.4 is 5.32 Å². The summed E-state index contributed by atoms with van der Waals surface area (Å²) in [6, 6.07) is 6.02. The van der Waals surface area contributed by atoms with Gasteiger partial charge < -0.3 is 10.1 Å². The van der Waals surface area contributed by atoms with Crippen LogP contribution >= 0.6 is 23.2 Å². The predicted molar refractivity (Wildman–Crippen MR) is 98.1 cm³/mol. The molecule has 0 radical (unpaired) electrons. The average Bonchev–Trinajstić information content (AvgIpc) is 2.60. The zero-order chi connectivity index (χ0) is 21.9. The van der Waals surface area contributed by atoms with E-state index in [-0.39, 0.29) is 21.7 Å². The normalized spacial score (nSPS) is 12.2. The number of amides is 1. The topological polar surface area (TPSA) is 98.5 Å². The van der Waals surface area contributed by atoms with Crippen molar-refractivity contribution >= 4 is 46.5 Å². The molecule has 29 heavy (non-hydrogen) atoms. The first-order valence-electron chi connectivity index (χ1n) is 7.73. The number of carbonyl (C=O) groups is 2. The zero-order valence-corrected chi connectivity index (χ0v) is 15.9. The number of hydrogen-bond donors (Lipinski definition) is 1. The second-order valence-corrected chi connectivity index (χ2v) is 6.43. The molecular weight excluding hydrogens is 440 g/mol. The van der Waals surface area contributed by atoms with E-state index in [1.54, 1.807) is 0 Å². The molecule has 2 rings (SSSR count). The molecular formula is C17H11Cl2F3N2O5. The van der Waals surface area contributed by atoms with Crippen molar-refractivity contribution in [1.29, 1.82) is 0 Å². The summed E-state index contributed by atoms with van der Waals surface area (Å²) < 4.78 is 44.4. The number of alkyl halides is 3. The van der Waals surface area contributed by atoms with Crippen LogP contribution in [-0.2, 0) is 15.7 Å². The highest BCUT2D eigenvalue weighted by atomic mass is 35.5. The smallest absolute Gasteiger partial charge is 0.418 e. The van der Waals surface area contributed by atoms with Crippen LogP contribution in [0.1, 0.15) is 22.8 Å². The van der Waals surface area contributed by atoms with Crippen LogP contribution in [0.15, 0.2) is 36.4 Å². The van der Waals surface area contributed by atoms with Crippen molar-refractivity contribution in [2.45, 2.75) is 19.2 Å². The maximum Gasteiger partial charge on any atom is 0.418 e. The quantitative estimate of drug-likeness (QED) is 0.387. The number of anilines is 1. The summed E-state index contributed by atoms with van der Waals surface area (Å²) >= 11 is 11.7. The maximum absolute atomic E-state index is 13.2. The maximum atomic E-state index is 13.2. The average molecular weight is 451 g/mol. The van der Waals surface area contributed by atoms with Gasteiger partial charge in [0.05, 0.1) is 31.8 Å². The largest absolute Gasteiger partial charge is 0.449 e. The lowest BCUT2D eigenvalue weighted by Gasteiger charge is -2.17. The fourth-order valence-corrected chi connectivity index (χ4v) is 2.74. The molecule has 12 heteroatoms. The van der Waals surface area contributed by atoms with Gasteiger partial charge in [-0.1, -0.05) is 29.3 Å². The summed E-state index contributed by atoms with van der Waals surface area (Å²) in [5, 5.41) is 12.6. The third-order valence-corrected chi connectivity index (χ3v) is 4.23. The van der Waals surface area contributed by atoms with Gasteiger partial charge in [0.2, 0.25) is 0 Å². The third-order valence-electron chi connectivity index (χ3n) is 3.60. The van der Waals surface area contributed by atoms with E-state index in [4.69, 9.17) is 27.9 Å². The van der Waals surface area contributed by atoms with Crippen LogP contribution in [0.4, 0.5) is 24.5 Å². The molecule has 2 aromatic rings. The minimum atomic E-state index is -4.97. The molecule has 0 aliphatic rings. The molecule has 0 aromatic heterocycles. The first kappa shape index (κ1) is 22.4. The van der Waals surface area contributed by atoms with Crippen LogP contribution in [0.2, 0.25) is 10.0 Å². The van der Waals surface area contributed by atoms with Crippen LogP contribution in [-0.4, -0.2) is 22.9 Å². The summed E-state index contributed by atoms with van der Waals surface area (Å²) in [5.74, 6) is -2.15. The number of ether oxygens (including phenoxy) is 1. The second-order valence-electron chi connectivity index (χ2n) is 5.62. The Morgan fingerprint density at radius 3 is 2.28 bits per heavy atom. The van der Waals surface area contributed by atoms with Gasteiger partial charge in [-0.2, -0.15) is 13.2 Å². The summed E-state index contributed by atoms with van der Waals surface area (Å²) in [7, 11) is 0. The van der Waals surface area contributed by atoms with E-state index in [2.05, 4.69) is 0 Å². The fourth-order valence-electron chi connectivity index (χ4n) is 2.19. The SMILES string of the molecule is CC(OC(=O)c1c(Cl)cccc1Cl)C(=O)Nc1ccc([N+](=O)[O-])cc1C(F)(F)F. The lowest BCUT2D eigenvalue weighted by atomic mass is 10.1. The molecule has 0 spiro atoms. The zero-order valence-electron chi connectivity index (χ0n) is 14.4. The summed E-state index contributed by atoms with van der Waals surface area (Å²) in [5.41, 5.74) is -3.16. The minimum absolute atomic E-state index is 0.0372.